The van der Waals surface area contributed by atoms with Crippen LogP contribution < -0.4 is 0 Å². The summed E-state index contributed by atoms with van der Waals surface area (Å²) in [5.41, 5.74) is 3.25. The summed E-state index contributed by atoms with van der Waals surface area (Å²) in [6.45, 7) is 4.17. The predicted molar refractivity (Wildman–Crippen MR) is 55.5 cm³/mol. The molecule has 0 amide bonds. The maximum Gasteiger partial charge on any atom is 0.116 e. The Morgan fingerprint density at radius 1 is 1.36 bits per heavy atom. The van der Waals surface area contributed by atoms with Crippen molar-refractivity contribution < 1.29 is 10.2 Å². The van der Waals surface area contributed by atoms with Crippen LogP contribution in [0, 0.1) is 0 Å². The number of benzene rings is 1. The van der Waals surface area contributed by atoms with Crippen LogP contribution in [0.2, 0.25) is 0 Å². The van der Waals surface area contributed by atoms with E-state index in [9.17, 15) is 10.2 Å². The second-order valence-corrected chi connectivity index (χ2v) is 4.32. The van der Waals surface area contributed by atoms with Gasteiger partial charge in [0.2, 0.25) is 0 Å². The lowest BCUT2D eigenvalue weighted by Gasteiger charge is -2.15. The number of hydrogen-bond donors (Lipinski definition) is 2. The molecule has 0 fully saturated rings. The fraction of sp³-hybridized carbons (Fsp3) is 0.500. The Bertz CT molecular complexity index is 356. The van der Waals surface area contributed by atoms with Crippen molar-refractivity contribution >= 4 is 0 Å². The van der Waals surface area contributed by atoms with Gasteiger partial charge in [0.25, 0.3) is 0 Å². The van der Waals surface area contributed by atoms with E-state index < -0.39 is 0 Å². The molecule has 1 atom stereocenters. The molecule has 0 heterocycles. The molecule has 2 rings (SSSR count). The summed E-state index contributed by atoms with van der Waals surface area (Å²) in [5, 5.41) is 19.4. The number of fused-ring (bicyclic) bond motifs is 1. The maximum absolute atomic E-state index is 9.82. The monoisotopic (exact) mass is 192 g/mol. The number of aryl methyl sites for hydroxylation is 1. The first-order valence-electron chi connectivity index (χ1n) is 5.13. The third-order valence-electron chi connectivity index (χ3n) is 2.92. The van der Waals surface area contributed by atoms with Gasteiger partial charge >= 0.3 is 0 Å². The van der Waals surface area contributed by atoms with Crippen molar-refractivity contribution in [2.24, 2.45) is 0 Å². The van der Waals surface area contributed by atoms with Gasteiger partial charge in [-0.2, -0.15) is 0 Å². The van der Waals surface area contributed by atoms with Gasteiger partial charge in [-0.1, -0.05) is 13.8 Å². The Kier molecular flexibility index (Phi) is 2.23. The van der Waals surface area contributed by atoms with E-state index in [2.05, 4.69) is 13.8 Å². The molecule has 2 N–H and O–H groups in total. The number of aliphatic hydroxyl groups excluding tert-OH is 1. The summed E-state index contributed by atoms with van der Waals surface area (Å²) >= 11 is 0. The van der Waals surface area contributed by atoms with Crippen molar-refractivity contribution in [3.63, 3.8) is 0 Å². The molecule has 1 unspecified atom stereocenters. The van der Waals surface area contributed by atoms with Gasteiger partial charge in [0, 0.05) is 0 Å². The summed E-state index contributed by atoms with van der Waals surface area (Å²) in [6, 6.07) is 3.55. The second-order valence-electron chi connectivity index (χ2n) is 4.32. The maximum atomic E-state index is 9.82. The van der Waals surface area contributed by atoms with Gasteiger partial charge in [0.05, 0.1) is 6.10 Å². The van der Waals surface area contributed by atoms with Crippen LogP contribution in [0.25, 0.3) is 0 Å². The Labute approximate surface area is 84.2 Å². The second kappa shape index (κ2) is 3.28. The molecule has 1 aliphatic carbocycles. The predicted octanol–water partition coefficient (Wildman–Crippen LogP) is 2.50. The van der Waals surface area contributed by atoms with Crippen LogP contribution in [-0.4, -0.2) is 10.2 Å². The number of phenols is 1. The van der Waals surface area contributed by atoms with Gasteiger partial charge in [-0.3, -0.25) is 0 Å². The van der Waals surface area contributed by atoms with E-state index in [1.807, 2.05) is 0 Å². The van der Waals surface area contributed by atoms with E-state index in [0.29, 0.717) is 11.7 Å². The minimum Gasteiger partial charge on any atom is -0.508 e. The molecule has 76 valence electrons. The van der Waals surface area contributed by atoms with Gasteiger partial charge in [0.1, 0.15) is 5.75 Å². The van der Waals surface area contributed by atoms with Crippen molar-refractivity contribution in [1.29, 1.82) is 0 Å². The lowest BCUT2D eigenvalue weighted by molar-refractivity contribution is 0.178. The molecule has 1 aromatic rings. The summed E-state index contributed by atoms with van der Waals surface area (Å²) in [7, 11) is 0. The molecule has 0 saturated heterocycles. The molecule has 2 heteroatoms. The lowest BCUT2D eigenvalue weighted by Crippen LogP contribution is -1.99. The van der Waals surface area contributed by atoms with E-state index in [-0.39, 0.29) is 6.10 Å². The SMILES string of the molecule is CC(C)c1cc(O)cc2c1C(O)CC2. The lowest BCUT2D eigenvalue weighted by atomic mass is 9.93. The highest BCUT2D eigenvalue weighted by Gasteiger charge is 2.25. The fourth-order valence-corrected chi connectivity index (χ4v) is 2.25. The van der Waals surface area contributed by atoms with Crippen molar-refractivity contribution in [3.8, 4) is 5.75 Å². The average molecular weight is 192 g/mol. The van der Waals surface area contributed by atoms with E-state index in [0.717, 1.165) is 29.5 Å². The molecule has 2 nitrogen and oxygen atoms in total. The molecule has 0 radical (unpaired) electrons. The summed E-state index contributed by atoms with van der Waals surface area (Å²) < 4.78 is 0. The normalized spacial score (nSPS) is 20.1. The molecule has 14 heavy (non-hydrogen) atoms. The average Bonchev–Trinajstić information content (AvgIpc) is 2.46. The summed E-state index contributed by atoms with van der Waals surface area (Å²) in [5.74, 6) is 0.671. The van der Waals surface area contributed by atoms with Crippen molar-refractivity contribution in [2.75, 3.05) is 0 Å². The van der Waals surface area contributed by atoms with E-state index >= 15 is 0 Å². The molecule has 0 aromatic heterocycles. The van der Waals surface area contributed by atoms with E-state index in [4.69, 9.17) is 0 Å². The third kappa shape index (κ3) is 1.40. The molecule has 0 spiro atoms. The van der Waals surface area contributed by atoms with Crippen LogP contribution in [0.5, 0.6) is 5.75 Å². The van der Waals surface area contributed by atoms with E-state index in [1.165, 1.54) is 0 Å². The van der Waals surface area contributed by atoms with Crippen molar-refractivity contribution in [3.05, 3.63) is 28.8 Å². The van der Waals surface area contributed by atoms with Crippen molar-refractivity contribution in [2.45, 2.75) is 38.7 Å². The smallest absolute Gasteiger partial charge is 0.116 e. The quantitative estimate of drug-likeness (QED) is 0.717. The van der Waals surface area contributed by atoms with Gasteiger partial charge < -0.3 is 10.2 Å². The summed E-state index contributed by atoms with van der Waals surface area (Å²) in [6.07, 6.45) is 1.34. The van der Waals surface area contributed by atoms with Crippen LogP contribution in [0.3, 0.4) is 0 Å². The zero-order valence-electron chi connectivity index (χ0n) is 8.62. The number of aliphatic hydroxyl groups is 1. The van der Waals surface area contributed by atoms with Crippen molar-refractivity contribution in [1.82, 2.24) is 0 Å². The molecule has 1 aliphatic rings. The Morgan fingerprint density at radius 2 is 2.07 bits per heavy atom. The molecule has 0 bridgehead atoms. The topological polar surface area (TPSA) is 40.5 Å². The zero-order valence-corrected chi connectivity index (χ0v) is 8.62. The highest BCUT2D eigenvalue weighted by molar-refractivity contribution is 5.46. The van der Waals surface area contributed by atoms with E-state index in [1.54, 1.807) is 12.1 Å². The number of hydrogen-bond acceptors (Lipinski definition) is 2. The molecular formula is C12H16O2. The van der Waals surface area contributed by atoms with Gasteiger partial charge in [0.15, 0.2) is 0 Å². The van der Waals surface area contributed by atoms with Crippen LogP contribution in [0.4, 0.5) is 0 Å². The first-order valence-corrected chi connectivity index (χ1v) is 5.13. The van der Waals surface area contributed by atoms with Crippen LogP contribution in [0.15, 0.2) is 12.1 Å². The highest BCUT2D eigenvalue weighted by Crippen LogP contribution is 2.39. The first kappa shape index (κ1) is 9.53. The molecule has 0 aliphatic heterocycles. The zero-order chi connectivity index (χ0) is 10.3. The third-order valence-corrected chi connectivity index (χ3v) is 2.92. The molecule has 1 aromatic carbocycles. The Morgan fingerprint density at radius 3 is 2.71 bits per heavy atom. The first-order chi connectivity index (χ1) is 6.59. The largest absolute Gasteiger partial charge is 0.508 e. The van der Waals surface area contributed by atoms with Gasteiger partial charge in [-0.05, 0) is 47.6 Å². The van der Waals surface area contributed by atoms with Crippen LogP contribution in [0.1, 0.15) is 49.0 Å². The van der Waals surface area contributed by atoms with Gasteiger partial charge in [-0.25, -0.2) is 0 Å². The number of aromatic hydroxyl groups is 1. The van der Waals surface area contributed by atoms with Crippen LogP contribution >= 0.6 is 0 Å². The summed E-state index contributed by atoms with van der Waals surface area (Å²) in [4.78, 5) is 0. The highest BCUT2D eigenvalue weighted by atomic mass is 16.3. The molecule has 0 saturated carbocycles. The van der Waals surface area contributed by atoms with Crippen LogP contribution in [-0.2, 0) is 6.42 Å². The fourth-order valence-electron chi connectivity index (χ4n) is 2.25. The Hall–Kier alpha value is -1.02. The number of phenolic OH excluding ortho intramolecular Hbond substituents is 1. The van der Waals surface area contributed by atoms with Gasteiger partial charge in [-0.15, -0.1) is 0 Å². The Balaban J connectivity index is 2.59. The minimum atomic E-state index is -0.331. The molecular weight excluding hydrogens is 176 g/mol. The number of rotatable bonds is 1. The standard InChI is InChI=1S/C12H16O2/c1-7(2)10-6-9(13)5-8-3-4-11(14)12(8)10/h5-7,11,13-14H,3-4H2,1-2H3. The minimum absolute atomic E-state index is 0.321.